The second-order valence-electron chi connectivity index (χ2n) is 8.77. The van der Waals surface area contributed by atoms with Crippen molar-refractivity contribution in [2.45, 2.75) is 76.2 Å². The maximum Gasteiger partial charge on any atom is 0.310 e. The Morgan fingerprint density at radius 3 is 2.77 bits per heavy atom. The number of carboxylic acids is 1. The van der Waals surface area contributed by atoms with E-state index in [1.54, 1.807) is 11.0 Å². The number of carbonyl (C=O) groups is 3. The van der Waals surface area contributed by atoms with Crippen LogP contribution < -0.4 is 0 Å². The third kappa shape index (κ3) is 3.54. The molecule has 168 valence electrons. The topological polar surface area (TPSA) is 107 Å². The highest BCUT2D eigenvalue weighted by molar-refractivity contribution is 5.98. The number of aliphatic hydroxyl groups is 1. The van der Waals surface area contributed by atoms with Gasteiger partial charge in [0.05, 0.1) is 17.9 Å². The number of aliphatic hydroxyl groups excluding tert-OH is 1. The molecule has 6 atom stereocenters. The van der Waals surface area contributed by atoms with E-state index >= 15 is 0 Å². The molecule has 1 spiro atoms. The van der Waals surface area contributed by atoms with Crippen molar-refractivity contribution in [3.8, 4) is 0 Å². The van der Waals surface area contributed by atoms with Crippen molar-refractivity contribution < 1.29 is 29.3 Å². The Labute approximate surface area is 177 Å². The van der Waals surface area contributed by atoms with Gasteiger partial charge in [-0.2, -0.15) is 0 Å². The molecular formula is C22H34N2O6. The number of nitrogens with zero attached hydrogens (tertiary/aromatic N) is 2. The highest BCUT2D eigenvalue weighted by atomic mass is 16.5. The zero-order chi connectivity index (χ0) is 22.1. The number of unbranched alkanes of at least 4 members (excludes halogenated alkanes) is 1. The number of amides is 2. The second-order valence-corrected chi connectivity index (χ2v) is 8.77. The Morgan fingerprint density at radius 2 is 2.17 bits per heavy atom. The van der Waals surface area contributed by atoms with E-state index in [4.69, 9.17) is 9.84 Å². The molecule has 2 bridgehead atoms. The fourth-order valence-electron chi connectivity index (χ4n) is 5.71. The first-order valence-corrected chi connectivity index (χ1v) is 11.1. The monoisotopic (exact) mass is 422 g/mol. The first kappa shape index (κ1) is 22.7. The van der Waals surface area contributed by atoms with Gasteiger partial charge in [-0.15, -0.1) is 6.58 Å². The first-order valence-electron chi connectivity index (χ1n) is 11.1. The van der Waals surface area contributed by atoms with E-state index in [0.717, 1.165) is 12.8 Å². The summed E-state index contributed by atoms with van der Waals surface area (Å²) in [6, 6.07) is -0.860. The number of hydrogen-bond acceptors (Lipinski definition) is 5. The van der Waals surface area contributed by atoms with E-state index in [0.29, 0.717) is 38.8 Å². The van der Waals surface area contributed by atoms with Crippen molar-refractivity contribution in [2.24, 2.45) is 11.8 Å². The molecule has 3 aliphatic heterocycles. The molecule has 0 radical (unpaired) electrons. The fourth-order valence-corrected chi connectivity index (χ4v) is 5.71. The van der Waals surface area contributed by atoms with Crippen LogP contribution >= 0.6 is 0 Å². The van der Waals surface area contributed by atoms with Crippen molar-refractivity contribution in [1.29, 1.82) is 0 Å². The van der Waals surface area contributed by atoms with E-state index in [2.05, 4.69) is 13.5 Å². The van der Waals surface area contributed by atoms with Gasteiger partial charge in [-0.05, 0) is 39.0 Å². The van der Waals surface area contributed by atoms with E-state index in [1.165, 1.54) is 4.90 Å². The van der Waals surface area contributed by atoms with Crippen LogP contribution in [0.3, 0.4) is 0 Å². The van der Waals surface area contributed by atoms with Crippen molar-refractivity contribution >= 4 is 17.8 Å². The largest absolute Gasteiger partial charge is 0.481 e. The number of fused-ring (bicyclic) bond motifs is 1. The molecular weight excluding hydrogens is 388 g/mol. The van der Waals surface area contributed by atoms with Crippen LogP contribution in [-0.2, 0) is 19.1 Å². The first-order chi connectivity index (χ1) is 14.3. The van der Waals surface area contributed by atoms with E-state index in [-0.39, 0.29) is 24.5 Å². The Bertz CT molecular complexity index is 697. The molecule has 30 heavy (non-hydrogen) atoms. The maximum atomic E-state index is 13.8. The summed E-state index contributed by atoms with van der Waals surface area (Å²) in [6.45, 7) is 8.49. The lowest BCUT2D eigenvalue weighted by Gasteiger charge is -2.39. The van der Waals surface area contributed by atoms with Crippen molar-refractivity contribution in [3.05, 3.63) is 12.7 Å². The number of likely N-dealkylation sites (tertiary alicyclic amines) is 1. The highest BCUT2D eigenvalue weighted by Crippen LogP contribution is 2.58. The molecule has 3 rings (SSSR count). The number of rotatable bonds is 11. The van der Waals surface area contributed by atoms with Gasteiger partial charge in [0.1, 0.15) is 11.6 Å². The molecule has 3 aliphatic rings. The van der Waals surface area contributed by atoms with Crippen LogP contribution in [0.2, 0.25) is 0 Å². The Balaban J connectivity index is 1.99. The molecule has 0 aromatic heterocycles. The smallest absolute Gasteiger partial charge is 0.310 e. The third-order valence-electron chi connectivity index (χ3n) is 6.97. The van der Waals surface area contributed by atoms with Gasteiger partial charge >= 0.3 is 5.97 Å². The normalized spacial score (nSPS) is 32.9. The van der Waals surface area contributed by atoms with Gasteiger partial charge in [-0.25, -0.2) is 0 Å². The minimum Gasteiger partial charge on any atom is -0.481 e. The van der Waals surface area contributed by atoms with Crippen LogP contribution in [-0.4, -0.2) is 81.3 Å². The molecule has 0 aliphatic carbocycles. The molecule has 3 heterocycles. The van der Waals surface area contributed by atoms with Gasteiger partial charge in [-0.3, -0.25) is 14.4 Å². The molecule has 2 amide bonds. The maximum absolute atomic E-state index is 13.8. The van der Waals surface area contributed by atoms with E-state index in [1.807, 2.05) is 6.92 Å². The second kappa shape index (κ2) is 9.06. The lowest BCUT2D eigenvalue weighted by molar-refractivity contribution is -0.151. The summed E-state index contributed by atoms with van der Waals surface area (Å²) in [5.41, 5.74) is -1.08. The van der Waals surface area contributed by atoms with Crippen molar-refractivity contribution in [2.75, 3.05) is 19.7 Å². The van der Waals surface area contributed by atoms with E-state index in [9.17, 15) is 19.5 Å². The summed E-state index contributed by atoms with van der Waals surface area (Å²) >= 11 is 0. The van der Waals surface area contributed by atoms with Crippen molar-refractivity contribution in [3.63, 3.8) is 0 Å². The summed E-state index contributed by atoms with van der Waals surface area (Å²) in [4.78, 5) is 42.5. The Hall–Kier alpha value is -1.93. The summed E-state index contributed by atoms with van der Waals surface area (Å²) in [7, 11) is 0. The molecule has 8 nitrogen and oxygen atoms in total. The Morgan fingerprint density at radius 1 is 1.43 bits per heavy atom. The average molecular weight is 423 g/mol. The Kier molecular flexibility index (Phi) is 6.87. The molecule has 0 aromatic carbocycles. The van der Waals surface area contributed by atoms with Crippen LogP contribution in [0.4, 0.5) is 0 Å². The van der Waals surface area contributed by atoms with Gasteiger partial charge in [0.2, 0.25) is 11.8 Å². The minimum absolute atomic E-state index is 0.00165. The molecule has 3 saturated heterocycles. The van der Waals surface area contributed by atoms with Crippen molar-refractivity contribution in [1.82, 2.24) is 9.80 Å². The lowest BCUT2D eigenvalue weighted by Crippen LogP contribution is -2.57. The zero-order valence-electron chi connectivity index (χ0n) is 18.0. The predicted octanol–water partition coefficient (Wildman–Crippen LogP) is 1.42. The number of carbonyl (C=O) groups excluding carboxylic acids is 2. The number of aliphatic carboxylic acids is 1. The SMILES string of the molecule is C=CCN(C(=O)C1N(CCCCO)C(=O)[C@@H]2[C@H](C(=O)O)[C@@H]3CCC12O3)C(C)CCC. The molecule has 3 unspecified atom stereocenters. The van der Waals surface area contributed by atoms with Crippen LogP contribution in [0.25, 0.3) is 0 Å². The van der Waals surface area contributed by atoms with Gasteiger partial charge in [-0.1, -0.05) is 19.4 Å². The zero-order valence-corrected chi connectivity index (χ0v) is 18.0. The number of carboxylic acid groups (broad SMARTS) is 1. The fraction of sp³-hybridized carbons (Fsp3) is 0.773. The van der Waals surface area contributed by atoms with Crippen LogP contribution in [0.1, 0.15) is 52.4 Å². The average Bonchev–Trinajstić information content (AvgIpc) is 3.34. The molecule has 0 saturated carbocycles. The quantitative estimate of drug-likeness (QED) is 0.385. The molecule has 0 aromatic rings. The third-order valence-corrected chi connectivity index (χ3v) is 6.97. The number of hydrogen-bond donors (Lipinski definition) is 2. The van der Waals surface area contributed by atoms with Crippen LogP contribution in [0.5, 0.6) is 0 Å². The standard InChI is InChI=1S/C22H34N2O6/c1-4-8-14(3)23(11-5-2)20(27)18-22-10-9-15(30-22)16(21(28)29)17(22)19(26)24(18)12-6-7-13-25/h5,14-18,25H,2,4,6-13H2,1,3H3,(H,28,29)/t14?,15-,16+,17-,18?,22?/m0/s1. The van der Waals surface area contributed by atoms with Crippen LogP contribution in [0.15, 0.2) is 12.7 Å². The summed E-state index contributed by atoms with van der Waals surface area (Å²) in [6.07, 6.45) is 5.00. The predicted molar refractivity (Wildman–Crippen MR) is 110 cm³/mol. The van der Waals surface area contributed by atoms with Gasteiger partial charge in [0.25, 0.3) is 0 Å². The van der Waals surface area contributed by atoms with Gasteiger partial charge < -0.3 is 24.7 Å². The van der Waals surface area contributed by atoms with Gasteiger partial charge in [0, 0.05) is 25.7 Å². The lowest BCUT2D eigenvalue weighted by atomic mass is 9.70. The summed E-state index contributed by atoms with van der Waals surface area (Å²) in [5, 5.41) is 18.9. The highest BCUT2D eigenvalue weighted by Gasteiger charge is 2.74. The van der Waals surface area contributed by atoms with Crippen LogP contribution in [0, 0.1) is 11.8 Å². The molecule has 8 heteroatoms. The van der Waals surface area contributed by atoms with Gasteiger partial charge in [0.15, 0.2) is 0 Å². The summed E-state index contributed by atoms with van der Waals surface area (Å²) in [5.74, 6) is -3.27. The molecule has 2 N–H and O–H groups in total. The van der Waals surface area contributed by atoms with E-state index < -0.39 is 35.6 Å². The number of ether oxygens (including phenoxy) is 1. The summed E-state index contributed by atoms with van der Waals surface area (Å²) < 4.78 is 6.20. The molecule has 3 fully saturated rings. The minimum atomic E-state index is -1.08.